The van der Waals surface area contributed by atoms with Crippen LogP contribution in [0.25, 0.3) is 0 Å². The lowest BCUT2D eigenvalue weighted by molar-refractivity contribution is -0.145. The molecule has 0 aromatic rings. The first kappa shape index (κ1) is 22.8. The minimum absolute atomic E-state index is 0.249. The zero-order chi connectivity index (χ0) is 20.7. The van der Waals surface area contributed by atoms with Crippen LogP contribution in [0.5, 0.6) is 0 Å². The zero-order valence-corrected chi connectivity index (χ0v) is 16.0. The van der Waals surface area contributed by atoms with Gasteiger partial charge in [-0.2, -0.15) is 0 Å². The largest absolute Gasteiger partial charge is 0.480 e. The van der Waals surface area contributed by atoms with Gasteiger partial charge in [-0.1, -0.05) is 13.8 Å². The molecular formula is C17H30N4O6. The third kappa shape index (κ3) is 6.79. The molecule has 0 radical (unpaired) electrons. The van der Waals surface area contributed by atoms with Crippen LogP contribution in [0, 0.1) is 5.92 Å². The predicted molar refractivity (Wildman–Crippen MR) is 96.4 cm³/mol. The van der Waals surface area contributed by atoms with Crippen molar-refractivity contribution in [3.8, 4) is 0 Å². The number of amides is 3. The van der Waals surface area contributed by atoms with E-state index in [-0.39, 0.29) is 11.8 Å². The van der Waals surface area contributed by atoms with Crippen LogP contribution in [0.1, 0.15) is 40.0 Å². The van der Waals surface area contributed by atoms with E-state index in [4.69, 9.17) is 10.8 Å². The number of nitrogens with zero attached hydrogens (tertiary/aromatic N) is 1. The van der Waals surface area contributed by atoms with Crippen LogP contribution < -0.4 is 16.4 Å². The summed E-state index contributed by atoms with van der Waals surface area (Å²) in [6, 6.07) is -2.84. The number of carboxylic acids is 1. The van der Waals surface area contributed by atoms with E-state index in [0.29, 0.717) is 25.8 Å². The van der Waals surface area contributed by atoms with Crippen LogP contribution >= 0.6 is 0 Å². The number of carbonyl (C=O) groups excluding carboxylic acids is 3. The Hall–Kier alpha value is -2.20. The molecule has 1 fully saturated rings. The zero-order valence-electron chi connectivity index (χ0n) is 16.0. The van der Waals surface area contributed by atoms with Crippen LogP contribution in [-0.2, 0) is 19.2 Å². The predicted octanol–water partition coefficient (Wildman–Crippen LogP) is -1.58. The van der Waals surface area contributed by atoms with Crippen molar-refractivity contribution < 1.29 is 29.4 Å². The molecule has 1 heterocycles. The summed E-state index contributed by atoms with van der Waals surface area (Å²) in [5, 5.41) is 22.8. The smallest absolute Gasteiger partial charge is 0.328 e. The fourth-order valence-corrected chi connectivity index (χ4v) is 3.02. The highest BCUT2D eigenvalue weighted by Gasteiger charge is 2.36. The number of aliphatic carboxylic acids is 1. The van der Waals surface area contributed by atoms with Crippen molar-refractivity contribution in [2.24, 2.45) is 11.7 Å². The van der Waals surface area contributed by atoms with E-state index in [1.807, 2.05) is 13.8 Å². The lowest BCUT2D eigenvalue weighted by Crippen LogP contribution is -2.54. The minimum Gasteiger partial charge on any atom is -0.480 e. The van der Waals surface area contributed by atoms with Crippen molar-refractivity contribution in [3.63, 3.8) is 0 Å². The molecule has 4 atom stereocenters. The van der Waals surface area contributed by atoms with Gasteiger partial charge in [0.2, 0.25) is 17.7 Å². The second kappa shape index (κ2) is 10.2. The molecule has 0 saturated carbocycles. The number of rotatable bonds is 9. The summed E-state index contributed by atoms with van der Waals surface area (Å²) in [5.41, 5.74) is 5.93. The maximum Gasteiger partial charge on any atom is 0.328 e. The fourth-order valence-electron chi connectivity index (χ4n) is 3.02. The third-order valence-electron chi connectivity index (χ3n) is 4.37. The van der Waals surface area contributed by atoms with Crippen LogP contribution in [0.3, 0.4) is 0 Å². The normalized spacial score (nSPS) is 20.1. The molecule has 0 aliphatic carbocycles. The Morgan fingerprint density at radius 2 is 1.85 bits per heavy atom. The van der Waals surface area contributed by atoms with Crippen LogP contribution in [0.4, 0.5) is 0 Å². The number of hydrogen-bond donors (Lipinski definition) is 5. The maximum absolute atomic E-state index is 12.5. The lowest BCUT2D eigenvalue weighted by Gasteiger charge is -2.27. The van der Waals surface area contributed by atoms with E-state index < -0.39 is 48.6 Å². The molecular weight excluding hydrogens is 356 g/mol. The van der Waals surface area contributed by atoms with Gasteiger partial charge >= 0.3 is 5.97 Å². The Labute approximate surface area is 158 Å². The summed E-state index contributed by atoms with van der Waals surface area (Å²) in [6.07, 6.45) is 0.363. The van der Waals surface area contributed by atoms with E-state index in [2.05, 4.69) is 10.6 Å². The van der Waals surface area contributed by atoms with Crippen LogP contribution in [0.2, 0.25) is 0 Å². The van der Waals surface area contributed by atoms with Gasteiger partial charge in [0.15, 0.2) is 6.04 Å². The summed E-state index contributed by atoms with van der Waals surface area (Å²) in [7, 11) is 0. The average Bonchev–Trinajstić information content (AvgIpc) is 3.05. The molecule has 154 valence electrons. The van der Waals surface area contributed by atoms with Crippen LogP contribution in [-0.4, -0.2) is 76.1 Å². The lowest BCUT2D eigenvalue weighted by atomic mass is 10.0. The number of nitrogens with one attached hydrogen (secondary N) is 2. The number of aliphatic hydroxyl groups excluding tert-OH is 1. The summed E-state index contributed by atoms with van der Waals surface area (Å²) in [4.78, 5) is 49.1. The van der Waals surface area contributed by atoms with Crippen LogP contribution in [0.15, 0.2) is 0 Å². The average molecular weight is 386 g/mol. The highest BCUT2D eigenvalue weighted by atomic mass is 16.4. The highest BCUT2D eigenvalue weighted by molar-refractivity contribution is 5.93. The van der Waals surface area contributed by atoms with Crippen molar-refractivity contribution >= 4 is 23.7 Å². The molecule has 3 amide bonds. The quantitative estimate of drug-likeness (QED) is 0.319. The first-order valence-corrected chi connectivity index (χ1v) is 9.08. The molecule has 27 heavy (non-hydrogen) atoms. The molecule has 0 aromatic carbocycles. The second-order valence-electron chi connectivity index (χ2n) is 7.27. The molecule has 0 spiro atoms. The van der Waals surface area contributed by atoms with Crippen molar-refractivity contribution in [2.45, 2.75) is 64.3 Å². The fraction of sp³-hybridized carbons (Fsp3) is 0.765. The van der Waals surface area contributed by atoms with Crippen molar-refractivity contribution in [1.29, 1.82) is 0 Å². The second-order valence-corrected chi connectivity index (χ2v) is 7.27. The molecule has 10 nitrogen and oxygen atoms in total. The first-order valence-electron chi connectivity index (χ1n) is 9.08. The van der Waals surface area contributed by atoms with Gasteiger partial charge in [-0.15, -0.1) is 0 Å². The van der Waals surface area contributed by atoms with Crippen molar-refractivity contribution in [1.82, 2.24) is 15.5 Å². The molecule has 0 bridgehead atoms. The highest BCUT2D eigenvalue weighted by Crippen LogP contribution is 2.19. The standard InChI is InChI=1S/C17H30N4O6/c1-9(2)7-11(18)16(25)21-6-4-5-12(21)15(24)19-8-13(23)20-14(10(3)22)17(26)27/h9-12,14,22H,4-8,18H2,1-3H3,(H,19,24)(H,20,23)(H,26,27)/t10-,11+,12+,14+/m1/s1. The first-order chi connectivity index (χ1) is 12.5. The van der Waals surface area contributed by atoms with Gasteiger partial charge < -0.3 is 31.5 Å². The maximum atomic E-state index is 12.5. The van der Waals surface area contributed by atoms with Gasteiger partial charge in [-0.05, 0) is 32.1 Å². The SMILES string of the molecule is CC(C)C[C@H](N)C(=O)N1CCC[C@H]1C(=O)NCC(=O)N[C@H](C(=O)O)[C@@H](C)O. The van der Waals surface area contributed by atoms with E-state index in [9.17, 15) is 24.3 Å². The number of carbonyl (C=O) groups is 4. The van der Waals surface area contributed by atoms with E-state index in [1.165, 1.54) is 11.8 Å². The van der Waals surface area contributed by atoms with E-state index in [1.54, 1.807) is 0 Å². The molecule has 1 saturated heterocycles. The Morgan fingerprint density at radius 1 is 1.22 bits per heavy atom. The number of carboxylic acid groups (broad SMARTS) is 1. The summed E-state index contributed by atoms with van der Waals surface area (Å²) in [6.45, 7) is 5.12. The molecule has 6 N–H and O–H groups in total. The third-order valence-corrected chi connectivity index (χ3v) is 4.37. The molecule has 10 heteroatoms. The Balaban J connectivity index is 2.59. The van der Waals surface area contributed by atoms with Gasteiger partial charge in [0.05, 0.1) is 18.7 Å². The monoisotopic (exact) mass is 386 g/mol. The number of likely N-dealkylation sites (tertiary alicyclic amines) is 1. The molecule has 1 aliphatic rings. The molecule has 1 rings (SSSR count). The van der Waals surface area contributed by atoms with Gasteiger partial charge in [0.25, 0.3) is 0 Å². The molecule has 1 aliphatic heterocycles. The summed E-state index contributed by atoms with van der Waals surface area (Å²) < 4.78 is 0. The summed E-state index contributed by atoms with van der Waals surface area (Å²) in [5.74, 6) is -2.65. The van der Waals surface area contributed by atoms with E-state index in [0.717, 1.165) is 0 Å². The van der Waals surface area contributed by atoms with Crippen molar-refractivity contribution in [3.05, 3.63) is 0 Å². The minimum atomic E-state index is -1.46. The number of aliphatic hydroxyl groups is 1. The topological polar surface area (TPSA) is 162 Å². The van der Waals surface area contributed by atoms with Gasteiger partial charge in [0.1, 0.15) is 6.04 Å². The van der Waals surface area contributed by atoms with Crippen molar-refractivity contribution in [2.75, 3.05) is 13.1 Å². The van der Waals surface area contributed by atoms with E-state index >= 15 is 0 Å². The Bertz CT molecular complexity index is 566. The molecule has 0 unspecified atom stereocenters. The summed E-state index contributed by atoms with van der Waals surface area (Å²) >= 11 is 0. The number of hydrogen-bond acceptors (Lipinski definition) is 6. The molecule has 0 aromatic heterocycles. The van der Waals surface area contributed by atoms with Gasteiger partial charge in [-0.25, -0.2) is 4.79 Å². The van der Waals surface area contributed by atoms with Gasteiger partial charge in [-0.3, -0.25) is 14.4 Å². The number of nitrogens with two attached hydrogens (primary N) is 1. The Kier molecular flexibility index (Phi) is 8.64. The van der Waals surface area contributed by atoms with Gasteiger partial charge in [0, 0.05) is 6.54 Å². The Morgan fingerprint density at radius 3 is 2.37 bits per heavy atom.